The molecule has 3 aromatic carbocycles. The van der Waals surface area contributed by atoms with Gasteiger partial charge in [0.1, 0.15) is 11.9 Å². The van der Waals surface area contributed by atoms with Crippen LogP contribution in [0.2, 0.25) is 5.02 Å². The minimum atomic E-state index is -4.69. The maximum absolute atomic E-state index is 14.2. The van der Waals surface area contributed by atoms with E-state index in [-0.39, 0.29) is 45.8 Å². The molecule has 0 aliphatic carbocycles. The zero-order valence-electron chi connectivity index (χ0n) is 18.7. The lowest BCUT2D eigenvalue weighted by atomic mass is 9.96. The van der Waals surface area contributed by atoms with Crippen molar-refractivity contribution in [1.82, 2.24) is 0 Å². The second kappa shape index (κ2) is 8.74. The summed E-state index contributed by atoms with van der Waals surface area (Å²) in [6.07, 6.45) is -5.05. The normalized spacial score (nSPS) is 19.1. The Hall–Kier alpha value is -3.72. The van der Waals surface area contributed by atoms with Crippen molar-refractivity contribution in [3.8, 4) is 0 Å². The predicted octanol–water partition coefficient (Wildman–Crippen LogP) is 5.95. The Morgan fingerprint density at radius 2 is 1.69 bits per heavy atom. The van der Waals surface area contributed by atoms with E-state index in [1.54, 1.807) is 25.1 Å². The number of nitrogens with zero attached hydrogens (tertiary/aromatic N) is 1. The molecule has 10 heteroatoms. The van der Waals surface area contributed by atoms with Crippen LogP contribution >= 0.6 is 11.6 Å². The average Bonchev–Trinajstić information content (AvgIpc) is 3.02. The lowest BCUT2D eigenvalue weighted by Gasteiger charge is -2.17. The zero-order chi connectivity index (χ0) is 25.8. The van der Waals surface area contributed by atoms with Gasteiger partial charge in [0, 0.05) is 28.3 Å². The van der Waals surface area contributed by atoms with Gasteiger partial charge < -0.3 is 10.6 Å². The fraction of sp³-hybridized carbons (Fsp3) is 0.192. The number of amides is 2. The van der Waals surface area contributed by atoms with Crippen molar-refractivity contribution < 1.29 is 27.2 Å². The SMILES string of the molecule is CC1C(=O)Nc2cc(C3=NC(Cc4ccc(Cl)cc4C(F)(F)F)C(=O)Nc4ccc(F)cc43)ccc21. The average molecular weight is 516 g/mol. The van der Waals surface area contributed by atoms with Gasteiger partial charge in [-0.3, -0.25) is 14.6 Å². The monoisotopic (exact) mass is 515 g/mol. The van der Waals surface area contributed by atoms with Gasteiger partial charge in [0.2, 0.25) is 11.8 Å². The highest BCUT2D eigenvalue weighted by atomic mass is 35.5. The molecule has 36 heavy (non-hydrogen) atoms. The van der Waals surface area contributed by atoms with E-state index in [1.165, 1.54) is 30.3 Å². The molecule has 2 unspecified atom stereocenters. The van der Waals surface area contributed by atoms with Gasteiger partial charge in [0.15, 0.2) is 0 Å². The predicted molar refractivity (Wildman–Crippen MR) is 128 cm³/mol. The number of aliphatic imine (C=N–C) groups is 1. The number of alkyl halides is 3. The van der Waals surface area contributed by atoms with Gasteiger partial charge in [0.25, 0.3) is 0 Å². The highest BCUT2D eigenvalue weighted by Gasteiger charge is 2.36. The first kappa shape index (κ1) is 24.0. The van der Waals surface area contributed by atoms with Crippen LogP contribution in [-0.4, -0.2) is 23.6 Å². The Kier molecular flexibility index (Phi) is 5.83. The Labute approximate surface area is 208 Å². The lowest BCUT2D eigenvalue weighted by Crippen LogP contribution is -2.28. The second-order valence-electron chi connectivity index (χ2n) is 8.69. The van der Waals surface area contributed by atoms with Crippen LogP contribution in [0.1, 0.15) is 40.7 Å². The van der Waals surface area contributed by atoms with Crippen molar-refractivity contribution in [3.63, 3.8) is 0 Å². The molecular formula is C26H18ClF4N3O2. The fourth-order valence-electron chi connectivity index (χ4n) is 4.46. The number of benzene rings is 3. The summed E-state index contributed by atoms with van der Waals surface area (Å²) in [6.45, 7) is 1.76. The summed E-state index contributed by atoms with van der Waals surface area (Å²) in [6, 6.07) is 10.9. The number of anilines is 2. The van der Waals surface area contributed by atoms with Gasteiger partial charge in [-0.25, -0.2) is 4.39 Å². The Balaban J connectivity index is 1.63. The summed E-state index contributed by atoms with van der Waals surface area (Å²) in [4.78, 5) is 29.7. The molecule has 0 saturated carbocycles. The van der Waals surface area contributed by atoms with Crippen LogP contribution in [-0.2, 0) is 22.2 Å². The van der Waals surface area contributed by atoms with E-state index in [0.717, 1.165) is 11.6 Å². The number of carbonyl (C=O) groups is 2. The lowest BCUT2D eigenvalue weighted by molar-refractivity contribution is -0.138. The highest BCUT2D eigenvalue weighted by molar-refractivity contribution is 6.30. The topological polar surface area (TPSA) is 70.6 Å². The Morgan fingerprint density at radius 3 is 2.44 bits per heavy atom. The largest absolute Gasteiger partial charge is 0.416 e. The zero-order valence-corrected chi connectivity index (χ0v) is 19.5. The molecule has 0 aromatic heterocycles. The molecule has 0 radical (unpaired) electrons. The van der Waals surface area contributed by atoms with Crippen LogP contribution in [0, 0.1) is 5.82 Å². The number of hydrogen-bond donors (Lipinski definition) is 2. The number of nitrogens with one attached hydrogen (secondary N) is 2. The van der Waals surface area contributed by atoms with Crippen LogP contribution in [0.25, 0.3) is 0 Å². The summed E-state index contributed by atoms with van der Waals surface area (Å²) in [5.74, 6) is -1.73. The number of fused-ring (bicyclic) bond motifs is 2. The van der Waals surface area contributed by atoms with Gasteiger partial charge >= 0.3 is 6.18 Å². The third kappa shape index (κ3) is 4.35. The van der Waals surface area contributed by atoms with E-state index in [1.807, 2.05) is 0 Å². The van der Waals surface area contributed by atoms with Crippen LogP contribution in [0.5, 0.6) is 0 Å². The summed E-state index contributed by atoms with van der Waals surface area (Å²) in [5, 5.41) is 5.35. The minimum absolute atomic E-state index is 0.0853. The van der Waals surface area contributed by atoms with E-state index in [4.69, 9.17) is 11.6 Å². The number of halogens is 5. The number of carbonyl (C=O) groups excluding carboxylic acids is 2. The van der Waals surface area contributed by atoms with E-state index in [0.29, 0.717) is 11.3 Å². The first-order chi connectivity index (χ1) is 17.0. The molecule has 0 spiro atoms. The van der Waals surface area contributed by atoms with Crippen molar-refractivity contribution in [2.45, 2.75) is 31.5 Å². The molecule has 5 nitrogen and oxygen atoms in total. The van der Waals surface area contributed by atoms with Crippen LogP contribution in [0.4, 0.5) is 28.9 Å². The molecule has 2 aliphatic rings. The molecule has 0 bridgehead atoms. The molecule has 2 heterocycles. The van der Waals surface area contributed by atoms with Gasteiger partial charge in [-0.2, -0.15) is 13.2 Å². The second-order valence-corrected chi connectivity index (χ2v) is 9.13. The van der Waals surface area contributed by atoms with Crippen LogP contribution in [0.15, 0.2) is 59.6 Å². The van der Waals surface area contributed by atoms with Crippen molar-refractivity contribution >= 4 is 40.5 Å². The molecule has 2 N–H and O–H groups in total. The Bertz CT molecular complexity index is 1450. The van der Waals surface area contributed by atoms with E-state index >= 15 is 0 Å². The van der Waals surface area contributed by atoms with E-state index < -0.39 is 29.5 Å². The number of hydrogen-bond acceptors (Lipinski definition) is 3. The summed E-state index contributed by atoms with van der Waals surface area (Å²) in [5.41, 5.74) is 1.46. The minimum Gasteiger partial charge on any atom is -0.325 e. The molecule has 0 fully saturated rings. The van der Waals surface area contributed by atoms with Crippen LogP contribution in [0.3, 0.4) is 0 Å². The Morgan fingerprint density at radius 1 is 0.944 bits per heavy atom. The van der Waals surface area contributed by atoms with Gasteiger partial charge in [-0.05, 0) is 54.4 Å². The molecule has 0 saturated heterocycles. The molecule has 2 atom stereocenters. The van der Waals surface area contributed by atoms with Crippen molar-refractivity contribution in [1.29, 1.82) is 0 Å². The fourth-order valence-corrected chi connectivity index (χ4v) is 4.63. The van der Waals surface area contributed by atoms with Crippen molar-refractivity contribution in [2.75, 3.05) is 10.6 Å². The van der Waals surface area contributed by atoms with Gasteiger partial charge in [-0.1, -0.05) is 29.8 Å². The molecule has 2 aliphatic heterocycles. The third-order valence-corrected chi connectivity index (χ3v) is 6.55. The summed E-state index contributed by atoms with van der Waals surface area (Å²) in [7, 11) is 0. The molecular weight excluding hydrogens is 498 g/mol. The maximum Gasteiger partial charge on any atom is 0.416 e. The molecule has 2 amide bonds. The summed E-state index contributed by atoms with van der Waals surface area (Å²) >= 11 is 5.79. The molecule has 184 valence electrons. The van der Waals surface area contributed by atoms with Gasteiger partial charge in [-0.15, -0.1) is 0 Å². The first-order valence-electron chi connectivity index (χ1n) is 11.0. The van der Waals surface area contributed by atoms with E-state index in [9.17, 15) is 27.2 Å². The van der Waals surface area contributed by atoms with Crippen molar-refractivity contribution in [2.24, 2.45) is 4.99 Å². The summed E-state index contributed by atoms with van der Waals surface area (Å²) < 4.78 is 55.3. The van der Waals surface area contributed by atoms with Crippen LogP contribution < -0.4 is 10.6 Å². The standard InChI is InChI=1S/C26H18ClF4N3O2/c1-12-17-6-3-14(9-21(17)34-24(12)35)23-18-11-16(28)5-7-20(18)33-25(36)22(32-23)8-13-2-4-15(27)10-19(13)26(29,30)31/h2-7,9-12,22H,8H2,1H3,(H,33,36)(H,34,35). The highest BCUT2D eigenvalue weighted by Crippen LogP contribution is 2.37. The molecule has 3 aromatic rings. The maximum atomic E-state index is 14.2. The number of benzodiazepines with no additional fused rings is 1. The molecule has 5 rings (SSSR count). The first-order valence-corrected chi connectivity index (χ1v) is 11.4. The van der Waals surface area contributed by atoms with E-state index in [2.05, 4.69) is 15.6 Å². The quantitative estimate of drug-likeness (QED) is 0.423. The third-order valence-electron chi connectivity index (χ3n) is 6.32. The number of rotatable bonds is 3. The smallest absolute Gasteiger partial charge is 0.325 e. The van der Waals surface area contributed by atoms with Crippen molar-refractivity contribution in [3.05, 3.63) is 93.3 Å². The van der Waals surface area contributed by atoms with Gasteiger partial charge in [0.05, 0.1) is 22.9 Å².